The predicted octanol–water partition coefficient (Wildman–Crippen LogP) is 1.74. The Kier molecular flexibility index (Phi) is 5.27. The topological polar surface area (TPSA) is 52.6 Å². The van der Waals surface area contributed by atoms with Crippen LogP contribution in [0.5, 0.6) is 0 Å². The van der Waals surface area contributed by atoms with Crippen LogP contribution in [0.3, 0.4) is 0 Å². The number of hydrogen-bond donors (Lipinski definition) is 0. The number of ether oxygens (including phenoxy) is 2. The molecular formula is C6H4Cl2F4O4. The van der Waals surface area contributed by atoms with Gasteiger partial charge in [0.2, 0.25) is 0 Å². The Labute approximate surface area is 96.4 Å². The summed E-state index contributed by atoms with van der Waals surface area (Å²) in [4.78, 5) is 20.9. The van der Waals surface area contributed by atoms with Gasteiger partial charge in [-0.15, -0.1) is 0 Å². The van der Waals surface area contributed by atoms with Crippen LogP contribution in [-0.4, -0.2) is 35.9 Å². The van der Waals surface area contributed by atoms with E-state index in [2.05, 4.69) is 9.47 Å². The van der Waals surface area contributed by atoms with E-state index in [9.17, 15) is 27.2 Å². The Bertz CT molecular complexity index is 256. The molecule has 0 unspecified atom stereocenters. The molecule has 0 heterocycles. The van der Waals surface area contributed by atoms with Gasteiger partial charge in [-0.2, -0.15) is 17.6 Å². The van der Waals surface area contributed by atoms with Crippen LogP contribution in [0.15, 0.2) is 0 Å². The van der Waals surface area contributed by atoms with Crippen molar-refractivity contribution < 1.29 is 36.6 Å². The average molecular weight is 287 g/mol. The maximum atomic E-state index is 12.7. The molecule has 0 saturated heterocycles. The minimum absolute atomic E-state index is 1.06. The van der Waals surface area contributed by atoms with Gasteiger partial charge in [0.1, 0.15) is 0 Å². The van der Waals surface area contributed by atoms with Crippen LogP contribution in [0.4, 0.5) is 17.6 Å². The molecule has 0 rings (SSSR count). The highest BCUT2D eigenvalue weighted by Crippen LogP contribution is 2.36. The monoisotopic (exact) mass is 286 g/mol. The Balaban J connectivity index is 4.96. The molecule has 0 radical (unpaired) electrons. The van der Waals surface area contributed by atoms with Crippen molar-refractivity contribution in [3.05, 3.63) is 0 Å². The van der Waals surface area contributed by atoms with Crippen molar-refractivity contribution >= 4 is 35.1 Å². The third kappa shape index (κ3) is 2.88. The predicted molar refractivity (Wildman–Crippen MR) is 43.5 cm³/mol. The lowest BCUT2D eigenvalue weighted by molar-refractivity contribution is -0.235. The SMILES string of the molecule is O=C(OCCl)C(F)(F)C(F)(F)C(=O)OCCl. The fourth-order valence-corrected chi connectivity index (χ4v) is 0.735. The second-order valence-corrected chi connectivity index (χ2v) is 2.67. The number of carbonyl (C=O) groups excluding carboxylic acids is 2. The molecule has 94 valence electrons. The third-order valence-corrected chi connectivity index (χ3v) is 1.50. The second-order valence-electron chi connectivity index (χ2n) is 2.23. The molecule has 0 aliphatic heterocycles. The lowest BCUT2D eigenvalue weighted by Crippen LogP contribution is -2.53. The average Bonchev–Trinajstić information content (AvgIpc) is 2.18. The van der Waals surface area contributed by atoms with Crippen molar-refractivity contribution in [2.75, 3.05) is 12.1 Å². The molecule has 0 N–H and O–H groups in total. The van der Waals surface area contributed by atoms with Crippen LogP contribution >= 0.6 is 23.2 Å². The summed E-state index contributed by atoms with van der Waals surface area (Å²) in [5.74, 6) is -16.0. The zero-order valence-electron chi connectivity index (χ0n) is 7.31. The number of hydrogen-bond acceptors (Lipinski definition) is 4. The maximum absolute atomic E-state index is 12.7. The summed E-state index contributed by atoms with van der Waals surface area (Å²) in [7, 11) is 0. The van der Waals surface area contributed by atoms with Crippen LogP contribution in [0.2, 0.25) is 0 Å². The van der Waals surface area contributed by atoms with Crippen molar-refractivity contribution in [1.82, 2.24) is 0 Å². The van der Waals surface area contributed by atoms with Gasteiger partial charge in [0.25, 0.3) is 0 Å². The first-order chi connectivity index (χ1) is 7.21. The molecular weight excluding hydrogens is 283 g/mol. The molecule has 4 nitrogen and oxygen atoms in total. The standard InChI is InChI=1S/C6H4Cl2F4O4/c7-1-15-3(13)5(9,10)6(11,12)4(14)16-2-8/h1-2H2. The number of halogens is 6. The second kappa shape index (κ2) is 5.53. The van der Waals surface area contributed by atoms with Crippen LogP contribution in [0.25, 0.3) is 0 Å². The van der Waals surface area contributed by atoms with Crippen LogP contribution in [-0.2, 0) is 19.1 Å². The summed E-state index contributed by atoms with van der Waals surface area (Å²) in [6, 6.07) is -2.12. The van der Waals surface area contributed by atoms with E-state index in [-0.39, 0.29) is 0 Å². The molecule has 0 amide bonds. The van der Waals surface area contributed by atoms with Crippen molar-refractivity contribution in [2.45, 2.75) is 11.8 Å². The van der Waals surface area contributed by atoms with Gasteiger partial charge in [0, 0.05) is 0 Å². The van der Waals surface area contributed by atoms with Gasteiger partial charge in [-0.25, -0.2) is 9.59 Å². The van der Waals surface area contributed by atoms with E-state index in [0.717, 1.165) is 0 Å². The van der Waals surface area contributed by atoms with Gasteiger partial charge in [-0.05, 0) is 0 Å². The van der Waals surface area contributed by atoms with Crippen molar-refractivity contribution in [1.29, 1.82) is 0 Å². The first-order valence-electron chi connectivity index (χ1n) is 3.43. The summed E-state index contributed by atoms with van der Waals surface area (Å²) in [5.41, 5.74) is 0. The molecule has 0 aromatic rings. The minimum Gasteiger partial charge on any atom is -0.445 e. The van der Waals surface area contributed by atoms with Gasteiger partial charge in [-0.3, -0.25) is 0 Å². The normalized spacial score (nSPS) is 12.1. The zero-order chi connectivity index (χ0) is 13.0. The number of alkyl halides is 6. The maximum Gasteiger partial charge on any atom is 0.415 e. The lowest BCUT2D eigenvalue weighted by Gasteiger charge is -2.21. The fraction of sp³-hybridized carbons (Fsp3) is 0.667. The molecule has 16 heavy (non-hydrogen) atoms. The van der Waals surface area contributed by atoms with E-state index in [0.29, 0.717) is 0 Å². The van der Waals surface area contributed by atoms with E-state index in [4.69, 9.17) is 23.2 Å². The Hall–Kier alpha value is -0.760. The lowest BCUT2D eigenvalue weighted by atomic mass is 10.2. The number of rotatable bonds is 5. The molecule has 0 fully saturated rings. The van der Waals surface area contributed by atoms with Gasteiger partial charge >= 0.3 is 23.8 Å². The quantitative estimate of drug-likeness (QED) is 0.439. The molecule has 0 aliphatic carbocycles. The molecule has 0 aliphatic rings. The molecule has 0 bridgehead atoms. The largest absolute Gasteiger partial charge is 0.445 e. The fourth-order valence-electron chi connectivity index (χ4n) is 0.537. The molecule has 10 heteroatoms. The Morgan fingerprint density at radius 3 is 1.31 bits per heavy atom. The summed E-state index contributed by atoms with van der Waals surface area (Å²) >= 11 is 9.47. The molecule has 0 saturated carbocycles. The summed E-state index contributed by atoms with van der Waals surface area (Å²) in [6.45, 7) is 0. The molecule has 0 spiro atoms. The zero-order valence-corrected chi connectivity index (χ0v) is 8.83. The highest BCUT2D eigenvalue weighted by molar-refractivity contribution is 6.18. The highest BCUT2D eigenvalue weighted by Gasteiger charge is 2.69. The van der Waals surface area contributed by atoms with Gasteiger partial charge in [0.15, 0.2) is 12.1 Å². The van der Waals surface area contributed by atoms with E-state index in [1.54, 1.807) is 0 Å². The van der Waals surface area contributed by atoms with Crippen molar-refractivity contribution in [3.8, 4) is 0 Å². The third-order valence-electron chi connectivity index (χ3n) is 1.28. The molecule has 0 atom stereocenters. The van der Waals surface area contributed by atoms with Gasteiger partial charge in [0.05, 0.1) is 0 Å². The van der Waals surface area contributed by atoms with Gasteiger partial charge < -0.3 is 9.47 Å². The molecule has 0 aromatic carbocycles. The minimum atomic E-state index is -5.38. The van der Waals surface area contributed by atoms with Gasteiger partial charge in [-0.1, -0.05) is 23.2 Å². The van der Waals surface area contributed by atoms with E-state index >= 15 is 0 Å². The van der Waals surface area contributed by atoms with E-state index in [1.807, 2.05) is 0 Å². The summed E-state index contributed by atoms with van der Waals surface area (Å²) in [6.07, 6.45) is 0. The smallest absolute Gasteiger partial charge is 0.415 e. The Morgan fingerprint density at radius 1 is 0.875 bits per heavy atom. The Morgan fingerprint density at radius 2 is 1.12 bits per heavy atom. The van der Waals surface area contributed by atoms with E-state index in [1.165, 1.54) is 0 Å². The van der Waals surface area contributed by atoms with Crippen LogP contribution in [0.1, 0.15) is 0 Å². The van der Waals surface area contributed by atoms with Crippen molar-refractivity contribution in [3.63, 3.8) is 0 Å². The molecule has 0 aromatic heterocycles. The van der Waals surface area contributed by atoms with Crippen LogP contribution in [0, 0.1) is 0 Å². The van der Waals surface area contributed by atoms with E-state index < -0.39 is 35.9 Å². The first kappa shape index (κ1) is 15.2. The first-order valence-corrected chi connectivity index (χ1v) is 4.50. The summed E-state index contributed by atoms with van der Waals surface area (Å²) in [5, 5.41) is 0. The van der Waals surface area contributed by atoms with Crippen LogP contribution < -0.4 is 0 Å². The number of carbonyl (C=O) groups is 2. The number of esters is 2. The highest BCUT2D eigenvalue weighted by atomic mass is 35.5. The summed E-state index contributed by atoms with van der Waals surface area (Å²) < 4.78 is 57.9. The van der Waals surface area contributed by atoms with Crippen molar-refractivity contribution in [2.24, 2.45) is 0 Å².